The van der Waals surface area contributed by atoms with Crippen LogP contribution < -0.4 is 4.90 Å². The van der Waals surface area contributed by atoms with Crippen molar-refractivity contribution in [3.8, 4) is 0 Å². The highest BCUT2D eigenvalue weighted by molar-refractivity contribution is 6.03. The Labute approximate surface area is 136 Å². The van der Waals surface area contributed by atoms with Gasteiger partial charge in [0.15, 0.2) is 0 Å². The molecular formula is C19H20N4. The van der Waals surface area contributed by atoms with E-state index >= 15 is 0 Å². The molecule has 0 saturated carbocycles. The minimum absolute atomic E-state index is 0.872. The monoisotopic (exact) mass is 304 g/mol. The number of hydrogen-bond donors (Lipinski definition) is 0. The van der Waals surface area contributed by atoms with Crippen molar-refractivity contribution >= 4 is 27.6 Å². The first-order chi connectivity index (χ1) is 11.3. The Balaban J connectivity index is 1.69. The van der Waals surface area contributed by atoms with Crippen LogP contribution in [-0.2, 0) is 0 Å². The topological polar surface area (TPSA) is 32.3 Å². The second-order valence-electron chi connectivity index (χ2n) is 5.96. The van der Waals surface area contributed by atoms with Gasteiger partial charge in [-0.25, -0.2) is 4.98 Å². The molecule has 0 bridgehead atoms. The van der Waals surface area contributed by atoms with E-state index in [9.17, 15) is 0 Å². The summed E-state index contributed by atoms with van der Waals surface area (Å²) in [7, 11) is 0. The predicted molar refractivity (Wildman–Crippen MR) is 95.1 cm³/mol. The fourth-order valence-electron chi connectivity index (χ4n) is 2.99. The van der Waals surface area contributed by atoms with Crippen molar-refractivity contribution in [2.75, 3.05) is 18.1 Å². The highest BCUT2D eigenvalue weighted by atomic mass is 15.4. The maximum atomic E-state index is 4.89. The van der Waals surface area contributed by atoms with Gasteiger partial charge in [0.25, 0.3) is 0 Å². The standard InChI is InChI=1S/C19H20N4/c1-2-3-11-22-12-13-23(14-22)17-9-8-16-7-6-15-5-4-10-20-18(15)19(16)21-17/h4-10,12-13H,2-3,11,14H2,1H3. The minimum Gasteiger partial charge on any atom is -0.358 e. The van der Waals surface area contributed by atoms with E-state index < -0.39 is 0 Å². The number of nitrogens with zero attached hydrogens (tertiary/aromatic N) is 4. The molecule has 0 fully saturated rings. The largest absolute Gasteiger partial charge is 0.358 e. The van der Waals surface area contributed by atoms with Crippen LogP contribution in [-0.4, -0.2) is 28.1 Å². The van der Waals surface area contributed by atoms with Crippen molar-refractivity contribution in [2.24, 2.45) is 0 Å². The highest BCUT2D eigenvalue weighted by Crippen LogP contribution is 2.26. The summed E-state index contributed by atoms with van der Waals surface area (Å²) in [6.45, 7) is 4.19. The maximum absolute atomic E-state index is 4.89. The molecule has 0 atom stereocenters. The van der Waals surface area contributed by atoms with Crippen LogP contribution in [0.1, 0.15) is 19.8 Å². The molecule has 0 N–H and O–H groups in total. The lowest BCUT2D eigenvalue weighted by atomic mass is 10.1. The Morgan fingerprint density at radius 1 is 1.00 bits per heavy atom. The second-order valence-corrected chi connectivity index (χ2v) is 5.96. The number of benzene rings is 1. The third-order valence-electron chi connectivity index (χ3n) is 4.30. The SMILES string of the molecule is CCCCN1C=CN(c2ccc3ccc4cccnc4c3n2)C1. The molecule has 0 aliphatic carbocycles. The number of aromatic nitrogens is 2. The molecule has 0 amide bonds. The molecule has 116 valence electrons. The van der Waals surface area contributed by atoms with Gasteiger partial charge in [-0.05, 0) is 24.6 Å². The second kappa shape index (κ2) is 5.88. The number of pyridine rings is 2. The van der Waals surface area contributed by atoms with E-state index in [2.05, 4.69) is 64.4 Å². The van der Waals surface area contributed by atoms with Crippen LogP contribution in [0.4, 0.5) is 5.82 Å². The highest BCUT2D eigenvalue weighted by Gasteiger charge is 2.15. The molecule has 0 radical (unpaired) electrons. The van der Waals surface area contributed by atoms with Crippen molar-refractivity contribution in [1.29, 1.82) is 0 Å². The summed E-state index contributed by atoms with van der Waals surface area (Å²) in [6, 6.07) is 12.5. The lowest BCUT2D eigenvalue weighted by Gasteiger charge is -2.20. The summed E-state index contributed by atoms with van der Waals surface area (Å²) in [5.74, 6) is 0.978. The Hall–Kier alpha value is -2.62. The minimum atomic E-state index is 0.872. The fourth-order valence-corrected chi connectivity index (χ4v) is 2.99. The van der Waals surface area contributed by atoms with Crippen molar-refractivity contribution in [1.82, 2.24) is 14.9 Å². The Bertz CT molecular complexity index is 872. The molecule has 4 rings (SSSR count). The van der Waals surface area contributed by atoms with Crippen LogP contribution in [0.15, 0.2) is 55.0 Å². The molecule has 3 aromatic rings. The third kappa shape index (κ3) is 2.61. The average molecular weight is 304 g/mol. The molecule has 4 nitrogen and oxygen atoms in total. The van der Waals surface area contributed by atoms with Gasteiger partial charge < -0.3 is 9.80 Å². The molecule has 3 heterocycles. The van der Waals surface area contributed by atoms with E-state index in [-0.39, 0.29) is 0 Å². The summed E-state index contributed by atoms with van der Waals surface area (Å²) in [5.41, 5.74) is 1.94. The molecule has 1 aliphatic rings. The van der Waals surface area contributed by atoms with Gasteiger partial charge in [-0.2, -0.15) is 0 Å². The van der Waals surface area contributed by atoms with Crippen LogP contribution in [0.25, 0.3) is 21.8 Å². The quantitative estimate of drug-likeness (QED) is 0.678. The lowest BCUT2D eigenvalue weighted by Crippen LogP contribution is -2.26. The van der Waals surface area contributed by atoms with E-state index in [0.29, 0.717) is 0 Å². The molecule has 0 spiro atoms. The summed E-state index contributed by atoms with van der Waals surface area (Å²) in [4.78, 5) is 13.9. The summed E-state index contributed by atoms with van der Waals surface area (Å²) in [5, 5.41) is 2.26. The van der Waals surface area contributed by atoms with Crippen LogP contribution >= 0.6 is 0 Å². The van der Waals surface area contributed by atoms with Gasteiger partial charge in [-0.15, -0.1) is 0 Å². The Morgan fingerprint density at radius 3 is 2.70 bits per heavy atom. The first-order valence-electron chi connectivity index (χ1n) is 8.18. The number of rotatable bonds is 4. The zero-order valence-corrected chi connectivity index (χ0v) is 13.3. The summed E-state index contributed by atoms with van der Waals surface area (Å²) in [6.07, 6.45) is 8.54. The van der Waals surface area contributed by atoms with E-state index in [0.717, 1.165) is 40.8 Å². The normalized spacial score (nSPS) is 14.3. The van der Waals surface area contributed by atoms with Crippen molar-refractivity contribution in [3.05, 3.63) is 55.0 Å². The van der Waals surface area contributed by atoms with Crippen molar-refractivity contribution in [3.63, 3.8) is 0 Å². The van der Waals surface area contributed by atoms with Crippen LogP contribution in [0, 0.1) is 0 Å². The summed E-state index contributed by atoms with van der Waals surface area (Å²) >= 11 is 0. The molecule has 1 aromatic carbocycles. The molecule has 4 heteroatoms. The molecule has 23 heavy (non-hydrogen) atoms. The molecule has 1 aliphatic heterocycles. The fraction of sp³-hybridized carbons (Fsp3) is 0.263. The first-order valence-corrected chi connectivity index (χ1v) is 8.18. The lowest BCUT2D eigenvalue weighted by molar-refractivity contribution is 0.396. The van der Waals surface area contributed by atoms with Gasteiger partial charge in [0, 0.05) is 35.9 Å². The first kappa shape index (κ1) is 14.0. The van der Waals surface area contributed by atoms with E-state index in [1.807, 2.05) is 12.3 Å². The Morgan fingerprint density at radius 2 is 1.83 bits per heavy atom. The number of fused-ring (bicyclic) bond motifs is 3. The number of unbranched alkanes of at least 4 members (excludes halogenated alkanes) is 1. The molecule has 2 aromatic heterocycles. The maximum Gasteiger partial charge on any atom is 0.134 e. The third-order valence-corrected chi connectivity index (χ3v) is 4.30. The molecule has 0 unspecified atom stereocenters. The van der Waals surface area contributed by atoms with Gasteiger partial charge in [0.2, 0.25) is 0 Å². The van der Waals surface area contributed by atoms with E-state index in [1.54, 1.807) is 0 Å². The zero-order valence-electron chi connectivity index (χ0n) is 13.3. The van der Waals surface area contributed by atoms with Crippen LogP contribution in [0.3, 0.4) is 0 Å². The number of anilines is 1. The van der Waals surface area contributed by atoms with Gasteiger partial charge in [0.05, 0.1) is 17.7 Å². The van der Waals surface area contributed by atoms with Crippen LogP contribution in [0.5, 0.6) is 0 Å². The molecule has 0 saturated heterocycles. The van der Waals surface area contributed by atoms with E-state index in [1.165, 1.54) is 12.8 Å². The zero-order chi connectivity index (χ0) is 15.6. The smallest absolute Gasteiger partial charge is 0.134 e. The van der Waals surface area contributed by atoms with Crippen LogP contribution in [0.2, 0.25) is 0 Å². The van der Waals surface area contributed by atoms with Crippen molar-refractivity contribution < 1.29 is 0 Å². The number of hydrogen-bond acceptors (Lipinski definition) is 4. The molecular weight excluding hydrogens is 284 g/mol. The average Bonchev–Trinajstić information content (AvgIpc) is 3.08. The van der Waals surface area contributed by atoms with Crippen molar-refractivity contribution in [2.45, 2.75) is 19.8 Å². The van der Waals surface area contributed by atoms with Gasteiger partial charge >= 0.3 is 0 Å². The van der Waals surface area contributed by atoms with E-state index in [4.69, 9.17) is 4.98 Å². The van der Waals surface area contributed by atoms with Gasteiger partial charge in [0.1, 0.15) is 5.82 Å². The van der Waals surface area contributed by atoms with Gasteiger partial charge in [-0.1, -0.05) is 31.5 Å². The predicted octanol–water partition coefficient (Wildman–Crippen LogP) is 4.13. The summed E-state index contributed by atoms with van der Waals surface area (Å²) < 4.78 is 0. The Kier molecular flexibility index (Phi) is 3.58. The van der Waals surface area contributed by atoms with Gasteiger partial charge in [-0.3, -0.25) is 4.98 Å².